The lowest BCUT2D eigenvalue weighted by atomic mass is 9.80. The molecule has 0 atom stereocenters. The highest BCUT2D eigenvalue weighted by atomic mass is 14.3. The molecule has 0 aliphatic rings. The van der Waals surface area contributed by atoms with Crippen molar-refractivity contribution in [1.82, 2.24) is 0 Å². The zero-order chi connectivity index (χ0) is 40.4. The fraction of sp³-hybridized carbons (Fsp3) is 0. The van der Waals surface area contributed by atoms with E-state index < -0.39 is 0 Å². The third-order valence-corrected chi connectivity index (χ3v) is 11.8. The number of rotatable bonds is 9. The molecule has 0 amide bonds. The first kappa shape index (κ1) is 36.5. The molecule has 282 valence electrons. The molecule has 0 N–H and O–H groups in total. The van der Waals surface area contributed by atoms with Crippen molar-refractivity contribution in [2.45, 2.75) is 0 Å². The lowest BCUT2D eigenvalue weighted by molar-refractivity contribution is 1.55. The summed E-state index contributed by atoms with van der Waals surface area (Å²) in [5.41, 5.74) is 18.4. The van der Waals surface area contributed by atoms with E-state index in [0.29, 0.717) is 0 Å². The van der Waals surface area contributed by atoms with Crippen LogP contribution in [0.1, 0.15) is 11.1 Å². The predicted molar refractivity (Wildman–Crippen MR) is 260 cm³/mol. The molecule has 0 aliphatic heterocycles. The van der Waals surface area contributed by atoms with Crippen LogP contribution in [0.15, 0.2) is 232 Å². The molecule has 0 saturated carbocycles. The number of benzene rings is 10. The van der Waals surface area contributed by atoms with E-state index in [-0.39, 0.29) is 0 Å². The number of fused-ring (bicyclic) bond motifs is 2. The summed E-state index contributed by atoms with van der Waals surface area (Å²) >= 11 is 0. The van der Waals surface area contributed by atoms with Crippen molar-refractivity contribution in [1.29, 1.82) is 0 Å². The molecule has 0 heteroatoms. The van der Waals surface area contributed by atoms with Crippen LogP contribution in [0.4, 0.5) is 0 Å². The van der Waals surface area contributed by atoms with Crippen molar-refractivity contribution in [2.24, 2.45) is 0 Å². The Morgan fingerprint density at radius 2 is 0.517 bits per heavy atom. The smallest absolute Gasteiger partial charge is 0.00143 e. The van der Waals surface area contributed by atoms with E-state index in [1.165, 1.54) is 66.1 Å². The Bertz CT molecular complexity index is 2860. The van der Waals surface area contributed by atoms with Crippen LogP contribution >= 0.6 is 0 Å². The van der Waals surface area contributed by atoms with Gasteiger partial charge >= 0.3 is 0 Å². The molecule has 0 bridgehead atoms. The Kier molecular flexibility index (Phi) is 9.66. The Morgan fingerprint density at radius 3 is 0.817 bits per heavy atom. The molecular formula is C60H42. The minimum Gasteiger partial charge on any atom is -0.0984 e. The van der Waals surface area contributed by atoms with Gasteiger partial charge in [0, 0.05) is 0 Å². The quantitative estimate of drug-likeness (QED) is 0.137. The Morgan fingerprint density at radius 1 is 0.250 bits per heavy atom. The van der Waals surface area contributed by atoms with E-state index >= 15 is 0 Å². The molecule has 10 rings (SSSR count). The minimum atomic E-state index is 1.09. The van der Waals surface area contributed by atoms with Crippen molar-refractivity contribution in [3.05, 3.63) is 243 Å². The second-order valence-electron chi connectivity index (χ2n) is 15.3. The Hall–Kier alpha value is -7.80. The molecule has 0 radical (unpaired) electrons. The molecule has 0 heterocycles. The average Bonchev–Trinajstić information content (AvgIpc) is 3.33. The van der Waals surface area contributed by atoms with E-state index in [1.54, 1.807) is 0 Å². The second-order valence-corrected chi connectivity index (χ2v) is 15.3. The summed E-state index contributed by atoms with van der Waals surface area (Å²) in [4.78, 5) is 0. The van der Waals surface area contributed by atoms with Crippen LogP contribution in [0.2, 0.25) is 0 Å². The van der Waals surface area contributed by atoms with Crippen molar-refractivity contribution < 1.29 is 0 Å². The maximum Gasteiger partial charge on any atom is -0.00143 e. The van der Waals surface area contributed by atoms with E-state index in [9.17, 15) is 0 Å². The van der Waals surface area contributed by atoms with Crippen LogP contribution in [0.3, 0.4) is 0 Å². The van der Waals surface area contributed by atoms with Gasteiger partial charge in [-0.2, -0.15) is 0 Å². The van der Waals surface area contributed by atoms with Gasteiger partial charge in [0.05, 0.1) is 0 Å². The van der Waals surface area contributed by atoms with E-state index in [2.05, 4.69) is 244 Å². The van der Waals surface area contributed by atoms with Crippen molar-refractivity contribution in [2.75, 3.05) is 0 Å². The Labute approximate surface area is 352 Å². The second kappa shape index (κ2) is 15.9. The molecule has 0 unspecified atom stereocenters. The standard InChI is InChI=1S/C60H42/c1-3-53-57(51-35-47(41-21-9-5-10-22-41)33-48(36-51)42-23-11-6-12-24-42)39-45-29-17-19-31-55(45)59(53)60-54(4-2)58(40-46-30-18-20-32-56(46)60)52-37-49(43-25-13-7-14-26-43)34-50(38-52)44-27-15-8-16-28-44/h3-40H,1-2H2. The molecule has 10 aromatic rings. The van der Waals surface area contributed by atoms with Crippen molar-refractivity contribution in [3.63, 3.8) is 0 Å². The van der Waals surface area contributed by atoms with Gasteiger partial charge in [-0.15, -0.1) is 0 Å². The van der Waals surface area contributed by atoms with Gasteiger partial charge in [-0.3, -0.25) is 0 Å². The third-order valence-electron chi connectivity index (χ3n) is 11.8. The summed E-state index contributed by atoms with van der Waals surface area (Å²) in [5.74, 6) is 0. The van der Waals surface area contributed by atoms with Crippen LogP contribution in [-0.4, -0.2) is 0 Å². The van der Waals surface area contributed by atoms with Crippen molar-refractivity contribution in [3.8, 4) is 77.9 Å². The first-order valence-electron chi connectivity index (χ1n) is 20.6. The topological polar surface area (TPSA) is 0 Å². The summed E-state index contributed by atoms with van der Waals surface area (Å²) in [6, 6.07) is 79.0. The molecule has 0 aliphatic carbocycles. The van der Waals surface area contributed by atoms with E-state index in [4.69, 9.17) is 0 Å². The fourth-order valence-electron chi connectivity index (χ4n) is 8.92. The summed E-state index contributed by atoms with van der Waals surface area (Å²) < 4.78 is 0. The first-order chi connectivity index (χ1) is 29.7. The molecule has 0 nitrogen and oxygen atoms in total. The van der Waals surface area contributed by atoms with E-state index in [0.717, 1.165) is 44.5 Å². The highest BCUT2D eigenvalue weighted by Crippen LogP contribution is 2.48. The summed E-state index contributed by atoms with van der Waals surface area (Å²) in [6.07, 6.45) is 4.12. The van der Waals surface area contributed by atoms with Gasteiger partial charge in [-0.25, -0.2) is 0 Å². The highest BCUT2D eigenvalue weighted by molar-refractivity contribution is 6.15. The largest absolute Gasteiger partial charge is 0.0984 e. The molecule has 0 aromatic heterocycles. The van der Waals surface area contributed by atoms with Gasteiger partial charge in [0.15, 0.2) is 0 Å². The van der Waals surface area contributed by atoms with Crippen LogP contribution in [-0.2, 0) is 0 Å². The molecule has 60 heavy (non-hydrogen) atoms. The van der Waals surface area contributed by atoms with Gasteiger partial charge in [0.2, 0.25) is 0 Å². The van der Waals surface area contributed by atoms with Crippen LogP contribution < -0.4 is 0 Å². The summed E-state index contributed by atoms with van der Waals surface area (Å²) in [7, 11) is 0. The number of hydrogen-bond acceptors (Lipinski definition) is 0. The molecule has 0 spiro atoms. The minimum absolute atomic E-state index is 1.09. The number of hydrogen-bond donors (Lipinski definition) is 0. The summed E-state index contributed by atoms with van der Waals surface area (Å²) in [5, 5.41) is 4.68. The maximum atomic E-state index is 4.55. The van der Waals surface area contributed by atoms with Gasteiger partial charge < -0.3 is 0 Å². The SMILES string of the molecule is C=Cc1c(-c2cc(-c3ccccc3)cc(-c3ccccc3)c2)cc2ccccc2c1-c1c(C=C)c(-c2cc(-c3ccccc3)cc(-c3ccccc3)c2)cc2ccccc12. The lowest BCUT2D eigenvalue weighted by Gasteiger charge is -2.23. The lowest BCUT2D eigenvalue weighted by Crippen LogP contribution is -1.98. The Balaban J connectivity index is 1.29. The van der Waals surface area contributed by atoms with Gasteiger partial charge in [-0.05, 0) is 159 Å². The van der Waals surface area contributed by atoms with Gasteiger partial charge in [0.1, 0.15) is 0 Å². The van der Waals surface area contributed by atoms with Crippen LogP contribution in [0.25, 0.3) is 112 Å². The zero-order valence-electron chi connectivity index (χ0n) is 33.4. The summed E-state index contributed by atoms with van der Waals surface area (Å²) in [6.45, 7) is 9.10. The molecular weight excluding hydrogens is 721 g/mol. The fourth-order valence-corrected chi connectivity index (χ4v) is 8.92. The monoisotopic (exact) mass is 762 g/mol. The predicted octanol–water partition coefficient (Wildman–Crippen LogP) is 16.9. The average molecular weight is 763 g/mol. The first-order valence-corrected chi connectivity index (χ1v) is 20.6. The molecule has 0 fully saturated rings. The third kappa shape index (κ3) is 6.75. The van der Waals surface area contributed by atoms with Gasteiger partial charge in [0.25, 0.3) is 0 Å². The van der Waals surface area contributed by atoms with Crippen molar-refractivity contribution >= 4 is 33.7 Å². The maximum absolute atomic E-state index is 4.55. The van der Waals surface area contributed by atoms with Crippen LogP contribution in [0, 0.1) is 0 Å². The highest BCUT2D eigenvalue weighted by Gasteiger charge is 2.22. The van der Waals surface area contributed by atoms with E-state index in [1.807, 2.05) is 0 Å². The van der Waals surface area contributed by atoms with Crippen LogP contribution in [0.5, 0.6) is 0 Å². The van der Waals surface area contributed by atoms with Gasteiger partial charge in [-0.1, -0.05) is 195 Å². The molecule has 0 saturated heterocycles. The normalized spacial score (nSPS) is 11.1. The molecule has 10 aromatic carbocycles. The zero-order valence-corrected chi connectivity index (χ0v) is 33.4.